The number of fused-ring (bicyclic) bond motifs is 1. The van der Waals surface area contributed by atoms with Crippen LogP contribution in [0.3, 0.4) is 0 Å². The molecular weight excluding hydrogens is 344 g/mol. The lowest BCUT2D eigenvalue weighted by atomic mass is 10.1. The molecule has 0 bridgehead atoms. The molecule has 142 valence electrons. The zero-order valence-electron chi connectivity index (χ0n) is 15.3. The third-order valence-corrected chi connectivity index (χ3v) is 5.15. The van der Waals surface area contributed by atoms with Gasteiger partial charge in [0.2, 0.25) is 0 Å². The Kier molecular flexibility index (Phi) is 4.81. The number of rotatable bonds is 3. The quantitative estimate of drug-likeness (QED) is 0.794. The predicted octanol–water partition coefficient (Wildman–Crippen LogP) is 0.153. The van der Waals surface area contributed by atoms with Crippen LogP contribution >= 0.6 is 0 Å². The Morgan fingerprint density at radius 3 is 2.67 bits per heavy atom. The second-order valence-corrected chi connectivity index (χ2v) is 6.90. The lowest BCUT2D eigenvalue weighted by Gasteiger charge is -2.38. The predicted molar refractivity (Wildman–Crippen MR) is 103 cm³/mol. The van der Waals surface area contributed by atoms with Crippen molar-refractivity contribution in [3.8, 4) is 0 Å². The fraction of sp³-hybridized carbons (Fsp3) is 0.421. The van der Waals surface area contributed by atoms with Gasteiger partial charge in [0.25, 0.3) is 5.91 Å². The van der Waals surface area contributed by atoms with Crippen molar-refractivity contribution in [1.82, 2.24) is 25.3 Å². The molecule has 2 N–H and O–H groups in total. The van der Waals surface area contributed by atoms with E-state index in [0.717, 1.165) is 37.7 Å². The van der Waals surface area contributed by atoms with E-state index in [1.165, 1.54) is 4.90 Å². The van der Waals surface area contributed by atoms with E-state index >= 15 is 0 Å². The Balaban J connectivity index is 1.59. The average Bonchev–Trinajstić information content (AvgIpc) is 3.08. The molecule has 0 saturated carbocycles. The summed E-state index contributed by atoms with van der Waals surface area (Å²) in [5.74, 6) is 0.506. The smallest absolute Gasteiger partial charge is 0.325 e. The SMILES string of the molecule is CN1C(=O)NC(=O)C2C1N=C(N1CCNCC1)N2C/C=C/c1ccccc1. The van der Waals surface area contributed by atoms with Crippen molar-refractivity contribution in [1.29, 1.82) is 0 Å². The number of likely N-dealkylation sites (N-methyl/N-ethyl adjacent to an activating group) is 1. The van der Waals surface area contributed by atoms with Gasteiger partial charge in [-0.3, -0.25) is 10.1 Å². The number of carbonyl (C=O) groups excluding carboxylic acids is 2. The number of benzene rings is 1. The van der Waals surface area contributed by atoms with Crippen LogP contribution in [0.1, 0.15) is 5.56 Å². The number of aliphatic imine (C=N–C) groups is 1. The van der Waals surface area contributed by atoms with Crippen LogP contribution in [0.5, 0.6) is 0 Å². The summed E-state index contributed by atoms with van der Waals surface area (Å²) in [7, 11) is 1.68. The van der Waals surface area contributed by atoms with E-state index in [4.69, 9.17) is 4.99 Å². The molecule has 3 aliphatic rings. The minimum absolute atomic E-state index is 0.287. The summed E-state index contributed by atoms with van der Waals surface area (Å²) in [6.45, 7) is 3.97. The number of carbonyl (C=O) groups is 2. The molecule has 0 aromatic heterocycles. The summed E-state index contributed by atoms with van der Waals surface area (Å²) in [4.78, 5) is 35.1. The maximum absolute atomic E-state index is 12.6. The molecule has 8 nitrogen and oxygen atoms in total. The van der Waals surface area contributed by atoms with Gasteiger partial charge >= 0.3 is 6.03 Å². The van der Waals surface area contributed by atoms with Crippen LogP contribution < -0.4 is 10.6 Å². The first-order chi connectivity index (χ1) is 13.1. The van der Waals surface area contributed by atoms with Crippen molar-refractivity contribution in [3.63, 3.8) is 0 Å². The Labute approximate surface area is 158 Å². The molecule has 27 heavy (non-hydrogen) atoms. The zero-order valence-corrected chi connectivity index (χ0v) is 15.3. The zero-order chi connectivity index (χ0) is 18.8. The summed E-state index contributed by atoms with van der Waals surface area (Å²) in [5, 5.41) is 5.77. The van der Waals surface area contributed by atoms with Crippen LogP contribution in [0.4, 0.5) is 4.79 Å². The van der Waals surface area contributed by atoms with Gasteiger partial charge in [0, 0.05) is 39.8 Å². The number of nitrogens with zero attached hydrogens (tertiary/aromatic N) is 4. The standard InChI is InChI=1S/C19H24N6O2/c1-23-16-15(17(26)22-19(23)27)25(11-5-8-14-6-3-2-4-7-14)18(21-16)24-12-9-20-10-13-24/h2-8,15-16,20H,9-13H2,1H3,(H,22,26,27)/b8-5+. The van der Waals surface area contributed by atoms with Crippen molar-refractivity contribution in [2.24, 2.45) is 4.99 Å². The van der Waals surface area contributed by atoms with Crippen LogP contribution in [0.15, 0.2) is 41.4 Å². The second kappa shape index (κ2) is 7.40. The first-order valence-electron chi connectivity index (χ1n) is 9.24. The molecule has 1 aromatic rings. The maximum Gasteiger partial charge on any atom is 0.325 e. The summed E-state index contributed by atoms with van der Waals surface area (Å²) >= 11 is 0. The molecule has 8 heteroatoms. The summed E-state index contributed by atoms with van der Waals surface area (Å²) in [6, 6.07) is 9.15. The Morgan fingerprint density at radius 2 is 1.93 bits per heavy atom. The molecule has 0 aliphatic carbocycles. The van der Waals surface area contributed by atoms with Gasteiger partial charge in [0.05, 0.1) is 0 Å². The molecular formula is C19H24N6O2. The second-order valence-electron chi connectivity index (χ2n) is 6.90. The number of imide groups is 1. The van der Waals surface area contributed by atoms with Crippen molar-refractivity contribution in [2.75, 3.05) is 39.8 Å². The molecule has 3 amide bonds. The van der Waals surface area contributed by atoms with Crippen molar-refractivity contribution in [2.45, 2.75) is 12.2 Å². The minimum atomic E-state index is -0.502. The number of amides is 3. The lowest BCUT2D eigenvalue weighted by Crippen LogP contribution is -2.64. The number of hydrogen-bond acceptors (Lipinski definition) is 6. The topological polar surface area (TPSA) is 80.3 Å². The Bertz CT molecular complexity index is 772. The van der Waals surface area contributed by atoms with Crippen molar-refractivity contribution in [3.05, 3.63) is 42.0 Å². The van der Waals surface area contributed by atoms with Gasteiger partial charge in [0.1, 0.15) is 0 Å². The Morgan fingerprint density at radius 1 is 1.19 bits per heavy atom. The molecule has 2 unspecified atom stereocenters. The number of urea groups is 1. The number of hydrogen-bond donors (Lipinski definition) is 2. The molecule has 2 fully saturated rings. The van der Waals surface area contributed by atoms with Crippen LogP contribution in [0.2, 0.25) is 0 Å². The molecule has 2 atom stereocenters. The first kappa shape index (κ1) is 17.5. The van der Waals surface area contributed by atoms with Gasteiger partial charge in [-0.1, -0.05) is 42.5 Å². The average molecular weight is 368 g/mol. The summed E-state index contributed by atoms with van der Waals surface area (Å²) < 4.78 is 0. The van der Waals surface area contributed by atoms with Crippen molar-refractivity contribution >= 4 is 24.0 Å². The molecule has 2 saturated heterocycles. The fourth-order valence-electron chi connectivity index (χ4n) is 3.70. The maximum atomic E-state index is 12.6. The normalized spacial score (nSPS) is 25.7. The largest absolute Gasteiger partial charge is 0.340 e. The minimum Gasteiger partial charge on any atom is -0.340 e. The van der Waals surface area contributed by atoms with E-state index in [1.807, 2.05) is 47.4 Å². The van der Waals surface area contributed by atoms with E-state index in [9.17, 15) is 9.59 Å². The number of guanidine groups is 1. The van der Waals surface area contributed by atoms with Crippen molar-refractivity contribution < 1.29 is 9.59 Å². The Hall–Kier alpha value is -2.87. The van der Waals surface area contributed by atoms with Crippen LogP contribution in [-0.2, 0) is 4.79 Å². The van der Waals surface area contributed by atoms with E-state index in [2.05, 4.69) is 15.5 Å². The van der Waals surface area contributed by atoms with Crippen LogP contribution in [-0.4, -0.2) is 84.6 Å². The molecule has 0 spiro atoms. The number of nitrogens with one attached hydrogen (secondary N) is 2. The highest BCUT2D eigenvalue weighted by atomic mass is 16.2. The van der Waals surface area contributed by atoms with Gasteiger partial charge in [0.15, 0.2) is 18.2 Å². The third-order valence-electron chi connectivity index (χ3n) is 5.15. The van der Waals surface area contributed by atoms with Gasteiger partial charge in [-0.2, -0.15) is 0 Å². The van der Waals surface area contributed by atoms with Gasteiger partial charge in [-0.05, 0) is 5.56 Å². The van der Waals surface area contributed by atoms with Crippen LogP contribution in [0, 0.1) is 0 Å². The third kappa shape index (κ3) is 3.40. The molecule has 0 radical (unpaired) electrons. The highest BCUT2D eigenvalue weighted by Crippen LogP contribution is 2.25. The highest BCUT2D eigenvalue weighted by Gasteiger charge is 2.49. The molecule has 4 rings (SSSR count). The number of piperazine rings is 1. The van der Waals surface area contributed by atoms with Gasteiger partial charge in [-0.15, -0.1) is 0 Å². The molecule has 3 heterocycles. The summed E-state index contributed by atoms with van der Waals surface area (Å²) in [6.07, 6.45) is 3.60. The monoisotopic (exact) mass is 368 g/mol. The van der Waals surface area contributed by atoms with E-state index in [-0.39, 0.29) is 5.91 Å². The van der Waals surface area contributed by atoms with Crippen LogP contribution in [0.25, 0.3) is 6.08 Å². The fourth-order valence-corrected chi connectivity index (χ4v) is 3.70. The van der Waals surface area contributed by atoms with E-state index in [0.29, 0.717) is 6.54 Å². The first-order valence-corrected chi connectivity index (χ1v) is 9.24. The van der Waals surface area contributed by atoms with E-state index in [1.54, 1.807) is 7.05 Å². The summed E-state index contributed by atoms with van der Waals surface area (Å²) in [5.41, 5.74) is 1.11. The highest BCUT2D eigenvalue weighted by molar-refractivity contribution is 6.03. The molecule has 1 aromatic carbocycles. The van der Waals surface area contributed by atoms with Gasteiger partial charge < -0.3 is 20.0 Å². The lowest BCUT2D eigenvalue weighted by molar-refractivity contribution is -0.127. The molecule has 3 aliphatic heterocycles. The van der Waals surface area contributed by atoms with E-state index < -0.39 is 18.2 Å². The van der Waals surface area contributed by atoms with Gasteiger partial charge in [-0.25, -0.2) is 9.79 Å².